The van der Waals surface area contributed by atoms with Gasteiger partial charge in [0.25, 0.3) is 5.91 Å². The third kappa shape index (κ3) is 12.5. The third-order valence-corrected chi connectivity index (χ3v) is 9.86. The largest absolute Gasteiger partial charge is 0.497 e. The van der Waals surface area contributed by atoms with Gasteiger partial charge in [-0.1, -0.05) is 114 Å². The van der Waals surface area contributed by atoms with E-state index >= 15 is 0 Å². The van der Waals surface area contributed by atoms with E-state index in [9.17, 15) is 19.5 Å². The monoisotopic (exact) mass is 770 g/mol. The lowest BCUT2D eigenvalue weighted by Gasteiger charge is -2.24. The van der Waals surface area contributed by atoms with Gasteiger partial charge in [0.05, 0.1) is 26.2 Å². The van der Waals surface area contributed by atoms with Crippen molar-refractivity contribution >= 4 is 17.8 Å². The molecular formula is C47H54N4O6. The van der Waals surface area contributed by atoms with Crippen molar-refractivity contribution in [1.29, 1.82) is 0 Å². The minimum atomic E-state index is -1.08. The molecule has 0 fully saturated rings. The van der Waals surface area contributed by atoms with Crippen LogP contribution in [0.15, 0.2) is 109 Å². The molecule has 3 N–H and O–H groups in total. The SMILES string of the molecule is CCCCCCCOc1ccc(-c2cnc(-c3ccc(CC(NC(=O)c4ccc(C(C)(C)C)cc4)C(=O)NC(CC(=O)O)c4ccc(OC)cc4)cc3)nc2)cc1. The molecule has 0 saturated heterocycles. The Kier molecular flexibility index (Phi) is 14.9. The Bertz CT molecular complexity index is 2040. The summed E-state index contributed by atoms with van der Waals surface area (Å²) in [4.78, 5) is 48.6. The Hall–Kier alpha value is -6.03. The van der Waals surface area contributed by atoms with Gasteiger partial charge in [0.2, 0.25) is 5.91 Å². The highest BCUT2D eigenvalue weighted by Crippen LogP contribution is 2.26. The molecule has 57 heavy (non-hydrogen) atoms. The molecule has 10 heteroatoms. The molecule has 4 aromatic carbocycles. The van der Waals surface area contributed by atoms with Gasteiger partial charge in [-0.3, -0.25) is 14.4 Å². The van der Waals surface area contributed by atoms with E-state index in [-0.39, 0.29) is 18.3 Å². The number of amides is 2. The average molecular weight is 771 g/mol. The lowest BCUT2D eigenvalue weighted by Crippen LogP contribution is -2.49. The second-order valence-corrected chi connectivity index (χ2v) is 15.3. The van der Waals surface area contributed by atoms with Crippen molar-refractivity contribution in [1.82, 2.24) is 20.6 Å². The van der Waals surface area contributed by atoms with Crippen molar-refractivity contribution in [2.45, 2.75) is 90.1 Å². The number of carboxylic acid groups (broad SMARTS) is 1. The van der Waals surface area contributed by atoms with Crippen LogP contribution in [-0.2, 0) is 21.4 Å². The van der Waals surface area contributed by atoms with E-state index in [1.165, 1.54) is 25.7 Å². The van der Waals surface area contributed by atoms with Crippen molar-refractivity contribution in [3.8, 4) is 34.0 Å². The van der Waals surface area contributed by atoms with E-state index < -0.39 is 29.9 Å². The van der Waals surface area contributed by atoms with Crippen LogP contribution in [0.3, 0.4) is 0 Å². The molecule has 0 aliphatic carbocycles. The van der Waals surface area contributed by atoms with Gasteiger partial charge in [-0.05, 0) is 70.5 Å². The number of aliphatic carboxylic acids is 1. The van der Waals surface area contributed by atoms with E-state index in [2.05, 4.69) is 48.3 Å². The van der Waals surface area contributed by atoms with E-state index in [0.717, 1.165) is 40.0 Å². The molecule has 0 saturated carbocycles. The fourth-order valence-electron chi connectivity index (χ4n) is 6.40. The van der Waals surface area contributed by atoms with Crippen molar-refractivity contribution in [2.75, 3.05) is 13.7 Å². The molecule has 0 radical (unpaired) electrons. The number of hydrogen-bond donors (Lipinski definition) is 3. The first-order chi connectivity index (χ1) is 27.4. The molecule has 0 spiro atoms. The summed E-state index contributed by atoms with van der Waals surface area (Å²) in [5.41, 5.74) is 5.43. The van der Waals surface area contributed by atoms with Gasteiger partial charge in [0.1, 0.15) is 17.5 Å². The zero-order valence-corrected chi connectivity index (χ0v) is 33.6. The maximum atomic E-state index is 14.0. The molecule has 10 nitrogen and oxygen atoms in total. The Morgan fingerprint density at radius 1 is 0.719 bits per heavy atom. The maximum Gasteiger partial charge on any atom is 0.305 e. The van der Waals surface area contributed by atoms with Gasteiger partial charge < -0.3 is 25.2 Å². The fraction of sp³-hybridized carbons (Fsp3) is 0.340. The lowest BCUT2D eigenvalue weighted by molar-refractivity contribution is -0.137. The van der Waals surface area contributed by atoms with E-state index in [1.807, 2.05) is 60.7 Å². The number of carboxylic acids is 1. The molecule has 5 rings (SSSR count). The normalized spacial score (nSPS) is 12.3. The summed E-state index contributed by atoms with van der Waals surface area (Å²) >= 11 is 0. The van der Waals surface area contributed by atoms with Crippen LogP contribution in [0.2, 0.25) is 0 Å². The van der Waals surface area contributed by atoms with Crippen LogP contribution in [0, 0.1) is 0 Å². The van der Waals surface area contributed by atoms with Crippen LogP contribution < -0.4 is 20.1 Å². The van der Waals surface area contributed by atoms with Crippen LogP contribution in [0.1, 0.15) is 99.3 Å². The smallest absolute Gasteiger partial charge is 0.305 e. The van der Waals surface area contributed by atoms with Gasteiger partial charge in [0.15, 0.2) is 5.82 Å². The van der Waals surface area contributed by atoms with Gasteiger partial charge in [0, 0.05) is 35.5 Å². The predicted octanol–water partition coefficient (Wildman–Crippen LogP) is 9.14. The predicted molar refractivity (Wildman–Crippen MR) is 223 cm³/mol. The quantitative estimate of drug-likeness (QED) is 0.0707. The third-order valence-electron chi connectivity index (χ3n) is 9.86. The summed E-state index contributed by atoms with van der Waals surface area (Å²) in [6.45, 7) is 9.21. The molecule has 2 unspecified atom stereocenters. The number of benzene rings is 4. The molecule has 298 valence electrons. The van der Waals surface area contributed by atoms with Crippen LogP contribution in [0.5, 0.6) is 11.5 Å². The van der Waals surface area contributed by atoms with Crippen LogP contribution in [0.25, 0.3) is 22.5 Å². The van der Waals surface area contributed by atoms with E-state index in [0.29, 0.717) is 29.3 Å². The van der Waals surface area contributed by atoms with Gasteiger partial charge in [-0.2, -0.15) is 0 Å². The molecule has 2 atom stereocenters. The minimum absolute atomic E-state index is 0.0913. The lowest BCUT2D eigenvalue weighted by atomic mass is 9.86. The summed E-state index contributed by atoms with van der Waals surface area (Å²) in [6.07, 6.45) is 9.37. The van der Waals surface area contributed by atoms with Crippen LogP contribution in [-0.4, -0.2) is 52.6 Å². The van der Waals surface area contributed by atoms with Crippen molar-refractivity contribution in [3.05, 3.63) is 132 Å². The topological polar surface area (TPSA) is 140 Å². The molecular weight excluding hydrogens is 717 g/mol. The Morgan fingerprint density at radius 3 is 1.93 bits per heavy atom. The minimum Gasteiger partial charge on any atom is -0.497 e. The highest BCUT2D eigenvalue weighted by Gasteiger charge is 2.27. The number of nitrogens with one attached hydrogen (secondary N) is 2. The van der Waals surface area contributed by atoms with E-state index in [4.69, 9.17) is 9.47 Å². The molecule has 1 heterocycles. The van der Waals surface area contributed by atoms with Crippen LogP contribution in [0.4, 0.5) is 0 Å². The van der Waals surface area contributed by atoms with Crippen LogP contribution >= 0.6 is 0 Å². The van der Waals surface area contributed by atoms with Gasteiger partial charge in [-0.25, -0.2) is 9.97 Å². The highest BCUT2D eigenvalue weighted by atomic mass is 16.5. The second kappa shape index (κ2) is 20.2. The summed E-state index contributed by atoms with van der Waals surface area (Å²) in [5, 5.41) is 15.5. The molecule has 0 aliphatic heterocycles. The van der Waals surface area contributed by atoms with Crippen molar-refractivity contribution in [2.24, 2.45) is 0 Å². The van der Waals surface area contributed by atoms with Crippen molar-refractivity contribution in [3.63, 3.8) is 0 Å². The molecule has 0 aliphatic rings. The summed E-state index contributed by atoms with van der Waals surface area (Å²) < 4.78 is 11.2. The number of nitrogens with zero attached hydrogens (tertiary/aromatic N) is 2. The standard InChI is InChI=1S/C47H54N4O6/c1-6-7-8-9-10-27-57-40-25-17-33(18-26-40)37-30-48-44(49-31-37)35-13-11-32(12-14-35)28-42(51-45(54)36-15-21-38(22-16-36)47(2,3)4)46(55)50-41(29-43(52)53)34-19-23-39(56-5)24-20-34/h11-26,30-31,41-42H,6-10,27-29H2,1-5H3,(H,50,55)(H,51,54)(H,52,53). The Balaban J connectivity index is 1.29. The number of ether oxygens (including phenoxy) is 2. The molecule has 2 amide bonds. The highest BCUT2D eigenvalue weighted by molar-refractivity contribution is 5.97. The van der Waals surface area contributed by atoms with Gasteiger partial charge in [-0.15, -0.1) is 0 Å². The number of rotatable bonds is 19. The summed E-state index contributed by atoms with van der Waals surface area (Å²) in [6, 6.07) is 27.8. The zero-order valence-electron chi connectivity index (χ0n) is 33.6. The first-order valence-corrected chi connectivity index (χ1v) is 19.7. The Labute approximate surface area is 336 Å². The summed E-state index contributed by atoms with van der Waals surface area (Å²) in [7, 11) is 1.54. The molecule has 0 bridgehead atoms. The molecule has 1 aromatic heterocycles. The molecule has 5 aromatic rings. The van der Waals surface area contributed by atoms with E-state index in [1.54, 1.807) is 55.9 Å². The number of aromatic nitrogens is 2. The number of methoxy groups -OCH3 is 1. The number of hydrogen-bond acceptors (Lipinski definition) is 7. The maximum absolute atomic E-state index is 14.0. The summed E-state index contributed by atoms with van der Waals surface area (Å²) in [5.74, 6) is -0.0101. The van der Waals surface area contributed by atoms with Gasteiger partial charge >= 0.3 is 5.97 Å². The first-order valence-electron chi connectivity index (χ1n) is 19.7. The second-order valence-electron chi connectivity index (χ2n) is 15.3. The van der Waals surface area contributed by atoms with Crippen molar-refractivity contribution < 1.29 is 29.0 Å². The zero-order chi connectivity index (χ0) is 40.8. The number of carbonyl (C=O) groups is 3. The Morgan fingerprint density at radius 2 is 1.33 bits per heavy atom. The first kappa shape index (κ1) is 42.1. The fourth-order valence-corrected chi connectivity index (χ4v) is 6.40. The number of carbonyl (C=O) groups excluding carboxylic acids is 2. The number of unbranched alkanes of at least 4 members (excludes halogenated alkanes) is 4. The average Bonchev–Trinajstić information content (AvgIpc) is 3.21.